The fourth-order valence-electron chi connectivity index (χ4n) is 2.03. The van der Waals surface area contributed by atoms with Crippen molar-refractivity contribution >= 4 is 11.9 Å². The molecule has 0 saturated carbocycles. The molecule has 1 heterocycles. The molecule has 1 fully saturated rings. The zero-order chi connectivity index (χ0) is 12.3. The number of carbonyl (C=O) groups excluding carboxylic acids is 1. The van der Waals surface area contributed by atoms with E-state index in [4.69, 9.17) is 5.11 Å². The molecule has 0 spiro atoms. The van der Waals surface area contributed by atoms with E-state index in [1.165, 1.54) is 4.90 Å². The van der Waals surface area contributed by atoms with E-state index < -0.39 is 11.5 Å². The van der Waals surface area contributed by atoms with Crippen molar-refractivity contribution in [2.75, 3.05) is 13.1 Å². The summed E-state index contributed by atoms with van der Waals surface area (Å²) in [6, 6.07) is -0.210. The van der Waals surface area contributed by atoms with Gasteiger partial charge in [0.25, 0.3) is 0 Å². The predicted molar refractivity (Wildman–Crippen MR) is 60.1 cm³/mol. The Balaban J connectivity index is 2.80. The number of aliphatic carboxylic acids is 1. The maximum absolute atomic E-state index is 12.1. The van der Waals surface area contributed by atoms with E-state index >= 15 is 0 Å². The minimum absolute atomic E-state index is 0.104. The number of carbonyl (C=O) groups is 2. The third kappa shape index (κ3) is 2.35. The van der Waals surface area contributed by atoms with Gasteiger partial charge in [-0.25, -0.2) is 4.79 Å². The first kappa shape index (κ1) is 13.0. The standard InChI is InChI=1S/C11H20N2O3/c1-4-13(11(2,3)10(15)16)9(14)8-6-5-7-12-8/h8,12H,4-7H2,1-3H3,(H,15,16)/t8-/m0/s1. The summed E-state index contributed by atoms with van der Waals surface area (Å²) in [5.41, 5.74) is -1.14. The normalized spacial score (nSPS) is 20.8. The van der Waals surface area contributed by atoms with E-state index in [0.29, 0.717) is 6.54 Å². The second-order valence-corrected chi connectivity index (χ2v) is 4.60. The number of carboxylic acid groups (broad SMARTS) is 1. The molecule has 1 saturated heterocycles. The zero-order valence-electron chi connectivity index (χ0n) is 10.1. The fraction of sp³-hybridized carbons (Fsp3) is 0.818. The third-order valence-electron chi connectivity index (χ3n) is 3.14. The van der Waals surface area contributed by atoms with Crippen molar-refractivity contribution in [3.8, 4) is 0 Å². The van der Waals surface area contributed by atoms with Crippen molar-refractivity contribution in [2.45, 2.75) is 45.2 Å². The molecule has 92 valence electrons. The molecule has 1 rings (SSSR count). The van der Waals surface area contributed by atoms with Crippen molar-refractivity contribution < 1.29 is 14.7 Å². The van der Waals surface area contributed by atoms with Crippen LogP contribution in [0.15, 0.2) is 0 Å². The van der Waals surface area contributed by atoms with Gasteiger partial charge in [0.2, 0.25) is 5.91 Å². The van der Waals surface area contributed by atoms with Gasteiger partial charge in [0, 0.05) is 6.54 Å². The Labute approximate surface area is 95.8 Å². The van der Waals surface area contributed by atoms with Crippen LogP contribution in [0.4, 0.5) is 0 Å². The highest BCUT2D eigenvalue weighted by molar-refractivity contribution is 5.89. The summed E-state index contributed by atoms with van der Waals surface area (Å²) < 4.78 is 0. The van der Waals surface area contributed by atoms with Gasteiger partial charge in [-0.1, -0.05) is 0 Å². The minimum Gasteiger partial charge on any atom is -0.480 e. The highest BCUT2D eigenvalue weighted by Gasteiger charge is 2.39. The van der Waals surface area contributed by atoms with E-state index in [2.05, 4.69) is 5.32 Å². The van der Waals surface area contributed by atoms with Gasteiger partial charge < -0.3 is 15.3 Å². The molecule has 0 aromatic carbocycles. The smallest absolute Gasteiger partial charge is 0.329 e. The zero-order valence-corrected chi connectivity index (χ0v) is 10.1. The second kappa shape index (κ2) is 4.82. The van der Waals surface area contributed by atoms with Gasteiger partial charge in [-0.2, -0.15) is 0 Å². The monoisotopic (exact) mass is 228 g/mol. The second-order valence-electron chi connectivity index (χ2n) is 4.60. The maximum atomic E-state index is 12.1. The molecular weight excluding hydrogens is 208 g/mol. The number of nitrogens with zero attached hydrogens (tertiary/aromatic N) is 1. The van der Waals surface area contributed by atoms with Crippen LogP contribution < -0.4 is 5.32 Å². The number of hydrogen-bond acceptors (Lipinski definition) is 3. The van der Waals surface area contributed by atoms with Gasteiger partial charge in [-0.05, 0) is 40.2 Å². The maximum Gasteiger partial charge on any atom is 0.329 e. The summed E-state index contributed by atoms with van der Waals surface area (Å²) in [4.78, 5) is 24.7. The Morgan fingerprint density at radius 1 is 1.50 bits per heavy atom. The Bertz CT molecular complexity index is 283. The van der Waals surface area contributed by atoms with Crippen molar-refractivity contribution in [1.82, 2.24) is 10.2 Å². The molecule has 1 atom stereocenters. The van der Waals surface area contributed by atoms with Gasteiger partial charge in [-0.15, -0.1) is 0 Å². The van der Waals surface area contributed by atoms with Crippen molar-refractivity contribution in [3.05, 3.63) is 0 Å². The quantitative estimate of drug-likeness (QED) is 0.733. The van der Waals surface area contributed by atoms with Crippen LogP contribution in [0.1, 0.15) is 33.6 Å². The first-order valence-electron chi connectivity index (χ1n) is 5.69. The molecule has 0 aromatic heterocycles. The van der Waals surface area contributed by atoms with Crippen LogP contribution in [-0.2, 0) is 9.59 Å². The van der Waals surface area contributed by atoms with Gasteiger partial charge in [0.1, 0.15) is 5.54 Å². The lowest BCUT2D eigenvalue weighted by Crippen LogP contribution is -2.57. The number of rotatable bonds is 4. The molecule has 16 heavy (non-hydrogen) atoms. The van der Waals surface area contributed by atoms with Crippen LogP contribution in [0.2, 0.25) is 0 Å². The predicted octanol–water partition coefficient (Wildman–Crippen LogP) is 0.450. The molecule has 1 aliphatic heterocycles. The average Bonchev–Trinajstić information content (AvgIpc) is 2.70. The van der Waals surface area contributed by atoms with Crippen molar-refractivity contribution in [2.24, 2.45) is 0 Å². The van der Waals surface area contributed by atoms with Crippen molar-refractivity contribution in [1.29, 1.82) is 0 Å². The summed E-state index contributed by atoms with van der Waals surface area (Å²) in [5, 5.41) is 12.2. The Morgan fingerprint density at radius 3 is 2.50 bits per heavy atom. The molecule has 5 nitrogen and oxygen atoms in total. The molecule has 0 radical (unpaired) electrons. The summed E-state index contributed by atoms with van der Waals surface area (Å²) in [6.07, 6.45) is 1.77. The number of likely N-dealkylation sites (N-methyl/N-ethyl adjacent to an activating group) is 1. The van der Waals surface area contributed by atoms with Crippen LogP contribution in [0.3, 0.4) is 0 Å². The molecule has 0 unspecified atom stereocenters. The molecule has 1 amide bonds. The topological polar surface area (TPSA) is 69.6 Å². The largest absolute Gasteiger partial charge is 0.480 e. The number of amides is 1. The Hall–Kier alpha value is -1.10. The average molecular weight is 228 g/mol. The Kier molecular flexibility index (Phi) is 3.91. The van der Waals surface area contributed by atoms with Gasteiger partial charge >= 0.3 is 5.97 Å². The molecule has 0 aromatic rings. The van der Waals surface area contributed by atoms with E-state index in [9.17, 15) is 9.59 Å². The van der Waals surface area contributed by atoms with E-state index in [-0.39, 0.29) is 11.9 Å². The summed E-state index contributed by atoms with van der Waals surface area (Å²) in [7, 11) is 0. The summed E-state index contributed by atoms with van der Waals surface area (Å²) >= 11 is 0. The molecule has 5 heteroatoms. The highest BCUT2D eigenvalue weighted by atomic mass is 16.4. The lowest BCUT2D eigenvalue weighted by Gasteiger charge is -2.35. The third-order valence-corrected chi connectivity index (χ3v) is 3.14. The van der Waals surface area contributed by atoms with Gasteiger partial charge in [-0.3, -0.25) is 4.79 Å². The molecule has 1 aliphatic rings. The minimum atomic E-state index is -1.14. The Morgan fingerprint density at radius 2 is 2.12 bits per heavy atom. The van der Waals surface area contributed by atoms with Crippen molar-refractivity contribution in [3.63, 3.8) is 0 Å². The number of carboxylic acids is 1. The molecule has 0 aliphatic carbocycles. The molecular formula is C11H20N2O3. The van der Waals surface area contributed by atoms with Crippen LogP contribution in [0.25, 0.3) is 0 Å². The van der Waals surface area contributed by atoms with Gasteiger partial charge in [0.15, 0.2) is 0 Å². The van der Waals surface area contributed by atoms with Crippen LogP contribution in [-0.4, -0.2) is 46.6 Å². The fourth-order valence-corrected chi connectivity index (χ4v) is 2.03. The van der Waals surface area contributed by atoms with E-state index in [0.717, 1.165) is 19.4 Å². The SMILES string of the molecule is CCN(C(=O)[C@@H]1CCCN1)C(C)(C)C(=O)O. The summed E-state index contributed by atoms with van der Waals surface area (Å²) in [6.45, 7) is 6.17. The van der Waals surface area contributed by atoms with Gasteiger partial charge in [0.05, 0.1) is 6.04 Å². The van der Waals surface area contributed by atoms with Crippen LogP contribution >= 0.6 is 0 Å². The molecule has 2 N–H and O–H groups in total. The first-order chi connectivity index (χ1) is 7.41. The van der Waals surface area contributed by atoms with Crippen LogP contribution in [0.5, 0.6) is 0 Å². The van der Waals surface area contributed by atoms with Crippen LogP contribution in [0, 0.1) is 0 Å². The lowest BCUT2D eigenvalue weighted by molar-refractivity contribution is -0.157. The van der Waals surface area contributed by atoms with E-state index in [1.54, 1.807) is 20.8 Å². The molecule has 0 bridgehead atoms. The number of hydrogen-bond donors (Lipinski definition) is 2. The highest BCUT2D eigenvalue weighted by Crippen LogP contribution is 2.18. The number of nitrogens with one attached hydrogen (secondary N) is 1. The summed E-state index contributed by atoms with van der Waals surface area (Å²) in [5.74, 6) is -1.08. The lowest BCUT2D eigenvalue weighted by atomic mass is 10.0. The first-order valence-corrected chi connectivity index (χ1v) is 5.69. The van der Waals surface area contributed by atoms with E-state index in [1.807, 2.05) is 0 Å².